The Hall–Kier alpha value is -1.10. The molecule has 0 atom stereocenters. The van der Waals surface area contributed by atoms with Crippen LogP contribution in [0.3, 0.4) is 0 Å². The fraction of sp³-hybridized carbons (Fsp3) is 0.364. The fourth-order valence-electron chi connectivity index (χ4n) is 1.06. The highest BCUT2D eigenvalue weighted by atomic mass is 79.9. The zero-order valence-corrected chi connectivity index (χ0v) is 10.9. The summed E-state index contributed by atoms with van der Waals surface area (Å²) in [6.45, 7) is 5.27. The van der Waals surface area contributed by atoms with Crippen molar-refractivity contribution in [2.45, 2.75) is 26.4 Å². The minimum absolute atomic E-state index is 0.0796. The van der Waals surface area contributed by atoms with E-state index in [4.69, 9.17) is 10.5 Å². The highest BCUT2D eigenvalue weighted by Crippen LogP contribution is 2.24. The maximum absolute atomic E-state index is 13.1. The standard InChI is InChI=1S/C11H13BrFNO2/c1-11(2,3)16-10(15)6-4-9(14)8(13)5-7(6)12/h4-5H,14H2,1-3H3. The third-order valence-electron chi connectivity index (χ3n) is 1.71. The Morgan fingerprint density at radius 3 is 2.50 bits per heavy atom. The molecule has 0 fully saturated rings. The van der Waals surface area contributed by atoms with E-state index in [0.717, 1.165) is 6.07 Å². The molecule has 0 unspecified atom stereocenters. The molecule has 0 bridgehead atoms. The summed E-state index contributed by atoms with van der Waals surface area (Å²) in [5, 5.41) is 0. The average Bonchev–Trinajstić information content (AvgIpc) is 2.08. The predicted molar refractivity (Wildman–Crippen MR) is 63.7 cm³/mol. The lowest BCUT2D eigenvalue weighted by molar-refractivity contribution is 0.00685. The lowest BCUT2D eigenvalue weighted by Gasteiger charge is -2.20. The van der Waals surface area contributed by atoms with E-state index in [0.29, 0.717) is 4.47 Å². The molecule has 0 heterocycles. The Labute approximate surface area is 102 Å². The highest BCUT2D eigenvalue weighted by molar-refractivity contribution is 9.10. The number of nitrogens with two attached hydrogens (primary N) is 1. The highest BCUT2D eigenvalue weighted by Gasteiger charge is 2.20. The summed E-state index contributed by atoms with van der Waals surface area (Å²) >= 11 is 3.09. The summed E-state index contributed by atoms with van der Waals surface area (Å²) in [7, 11) is 0. The molecule has 0 aromatic heterocycles. The van der Waals surface area contributed by atoms with Crippen molar-refractivity contribution in [3.63, 3.8) is 0 Å². The monoisotopic (exact) mass is 289 g/mol. The molecule has 0 amide bonds. The molecule has 0 saturated heterocycles. The van der Waals surface area contributed by atoms with Crippen LogP contribution in [0.5, 0.6) is 0 Å². The van der Waals surface area contributed by atoms with Crippen molar-refractivity contribution >= 4 is 27.6 Å². The van der Waals surface area contributed by atoms with Gasteiger partial charge in [-0.3, -0.25) is 0 Å². The van der Waals surface area contributed by atoms with Gasteiger partial charge in [-0.1, -0.05) is 0 Å². The normalized spacial score (nSPS) is 11.3. The second-order valence-electron chi connectivity index (χ2n) is 4.36. The van der Waals surface area contributed by atoms with Gasteiger partial charge < -0.3 is 10.5 Å². The Morgan fingerprint density at radius 2 is 2.00 bits per heavy atom. The molecule has 1 aromatic rings. The van der Waals surface area contributed by atoms with Crippen molar-refractivity contribution in [2.24, 2.45) is 0 Å². The zero-order valence-electron chi connectivity index (χ0n) is 9.30. The molecule has 0 aliphatic heterocycles. The third kappa shape index (κ3) is 3.20. The van der Waals surface area contributed by atoms with Gasteiger partial charge in [-0.15, -0.1) is 0 Å². The molecule has 1 aromatic carbocycles. The number of nitrogen functional groups attached to an aromatic ring is 1. The molecule has 16 heavy (non-hydrogen) atoms. The van der Waals surface area contributed by atoms with Gasteiger partial charge in [0, 0.05) is 4.47 Å². The van der Waals surface area contributed by atoms with E-state index in [1.165, 1.54) is 6.07 Å². The maximum Gasteiger partial charge on any atom is 0.339 e. The van der Waals surface area contributed by atoms with Crippen molar-refractivity contribution in [1.82, 2.24) is 0 Å². The molecule has 0 aliphatic rings. The minimum atomic E-state index is -0.598. The second-order valence-corrected chi connectivity index (χ2v) is 5.21. The number of carbonyl (C=O) groups excluding carboxylic acids is 1. The number of hydrogen-bond acceptors (Lipinski definition) is 3. The minimum Gasteiger partial charge on any atom is -0.456 e. The van der Waals surface area contributed by atoms with Gasteiger partial charge in [-0.05, 0) is 48.8 Å². The van der Waals surface area contributed by atoms with Crippen molar-refractivity contribution in [3.8, 4) is 0 Å². The number of anilines is 1. The second kappa shape index (κ2) is 4.41. The molecule has 5 heteroatoms. The van der Waals surface area contributed by atoms with Crippen molar-refractivity contribution in [3.05, 3.63) is 28.0 Å². The number of carbonyl (C=O) groups is 1. The first kappa shape index (κ1) is 13.0. The summed E-state index contributed by atoms with van der Waals surface area (Å²) in [5.41, 5.74) is 4.93. The molecule has 88 valence electrons. The lowest BCUT2D eigenvalue weighted by Crippen LogP contribution is -2.24. The van der Waals surface area contributed by atoms with E-state index in [9.17, 15) is 9.18 Å². The molecule has 1 rings (SSSR count). The summed E-state index contributed by atoms with van der Waals surface area (Å²) in [6, 6.07) is 2.40. The van der Waals surface area contributed by atoms with E-state index in [2.05, 4.69) is 15.9 Å². The van der Waals surface area contributed by atoms with Gasteiger partial charge in [0.25, 0.3) is 0 Å². The molecular formula is C11H13BrFNO2. The Kier molecular flexibility index (Phi) is 3.57. The average molecular weight is 290 g/mol. The van der Waals surface area contributed by atoms with E-state index < -0.39 is 17.4 Å². The number of ether oxygens (including phenoxy) is 1. The summed E-state index contributed by atoms with van der Waals surface area (Å²) in [6.07, 6.45) is 0. The molecule has 0 saturated carbocycles. The zero-order chi connectivity index (χ0) is 12.5. The first-order valence-electron chi connectivity index (χ1n) is 4.68. The number of halogens is 2. The SMILES string of the molecule is CC(C)(C)OC(=O)c1cc(N)c(F)cc1Br. The molecule has 0 spiro atoms. The first-order chi connectivity index (χ1) is 7.20. The van der Waals surface area contributed by atoms with Crippen LogP contribution in [0.25, 0.3) is 0 Å². The van der Waals surface area contributed by atoms with Crippen LogP contribution in [0, 0.1) is 5.82 Å². The van der Waals surface area contributed by atoms with Crippen LogP contribution in [0.2, 0.25) is 0 Å². The largest absolute Gasteiger partial charge is 0.456 e. The van der Waals surface area contributed by atoms with Crippen LogP contribution < -0.4 is 5.73 Å². The number of hydrogen-bond donors (Lipinski definition) is 1. The molecule has 0 aliphatic carbocycles. The van der Waals surface area contributed by atoms with Gasteiger partial charge in [0.1, 0.15) is 11.4 Å². The third-order valence-corrected chi connectivity index (χ3v) is 2.36. The number of benzene rings is 1. The van der Waals surface area contributed by atoms with Gasteiger partial charge in [-0.2, -0.15) is 0 Å². The fourth-order valence-corrected chi connectivity index (χ4v) is 1.53. The van der Waals surface area contributed by atoms with E-state index in [1.807, 2.05) is 0 Å². The summed E-state index contributed by atoms with van der Waals surface area (Å²) < 4.78 is 18.5. The van der Waals surface area contributed by atoms with Crippen LogP contribution in [-0.4, -0.2) is 11.6 Å². The number of esters is 1. The summed E-state index contributed by atoms with van der Waals surface area (Å²) in [5.74, 6) is -1.11. The van der Waals surface area contributed by atoms with E-state index in [1.54, 1.807) is 20.8 Å². The smallest absolute Gasteiger partial charge is 0.339 e. The predicted octanol–water partition coefficient (Wildman–Crippen LogP) is 3.13. The van der Waals surface area contributed by atoms with Crippen LogP contribution in [0.1, 0.15) is 31.1 Å². The molecule has 2 N–H and O–H groups in total. The quantitative estimate of drug-likeness (QED) is 0.638. The van der Waals surface area contributed by atoms with Gasteiger partial charge in [0.05, 0.1) is 11.3 Å². The van der Waals surface area contributed by atoms with Crippen molar-refractivity contribution in [1.29, 1.82) is 0 Å². The van der Waals surface area contributed by atoms with E-state index >= 15 is 0 Å². The first-order valence-corrected chi connectivity index (χ1v) is 5.48. The van der Waals surface area contributed by atoms with E-state index in [-0.39, 0.29) is 11.3 Å². The van der Waals surface area contributed by atoms with Crippen LogP contribution in [0.4, 0.5) is 10.1 Å². The summed E-state index contributed by atoms with van der Waals surface area (Å²) in [4.78, 5) is 11.7. The molecule has 0 radical (unpaired) electrons. The van der Waals surface area contributed by atoms with Crippen LogP contribution in [0.15, 0.2) is 16.6 Å². The topological polar surface area (TPSA) is 52.3 Å². The molecular weight excluding hydrogens is 277 g/mol. The molecule has 3 nitrogen and oxygen atoms in total. The Morgan fingerprint density at radius 1 is 1.44 bits per heavy atom. The van der Waals surface area contributed by atoms with Gasteiger partial charge in [0.2, 0.25) is 0 Å². The van der Waals surface area contributed by atoms with Crippen molar-refractivity contribution < 1.29 is 13.9 Å². The van der Waals surface area contributed by atoms with Gasteiger partial charge >= 0.3 is 5.97 Å². The van der Waals surface area contributed by atoms with Crippen LogP contribution in [-0.2, 0) is 4.74 Å². The lowest BCUT2D eigenvalue weighted by atomic mass is 10.1. The van der Waals surface area contributed by atoms with Gasteiger partial charge in [-0.25, -0.2) is 9.18 Å². The van der Waals surface area contributed by atoms with Gasteiger partial charge in [0.15, 0.2) is 0 Å². The van der Waals surface area contributed by atoms with Crippen LogP contribution >= 0.6 is 15.9 Å². The Bertz CT molecular complexity index is 427. The maximum atomic E-state index is 13.1. The Balaban J connectivity index is 3.05. The number of rotatable bonds is 1. The van der Waals surface area contributed by atoms with Crippen molar-refractivity contribution in [2.75, 3.05) is 5.73 Å².